The average Bonchev–Trinajstić information content (AvgIpc) is 3.20. The van der Waals surface area contributed by atoms with Crippen LogP contribution in [-0.4, -0.2) is 61.6 Å². The molecule has 184 valence electrons. The molecule has 0 unspecified atom stereocenters. The molecule has 0 saturated heterocycles. The Balaban J connectivity index is 1.56. The van der Waals surface area contributed by atoms with Gasteiger partial charge in [0.25, 0.3) is 0 Å². The highest BCUT2D eigenvalue weighted by molar-refractivity contribution is 14.1. The SMILES string of the molecule is CC(C)(c1ccc(OC[C@H](O)CCl)cc1)c1ccc(OC[C@@H](O)Cn2nnc(CO)c2I)cc1. The number of nitrogens with zero attached hydrogens (tertiary/aromatic N) is 3. The largest absolute Gasteiger partial charge is 0.491 e. The number of benzene rings is 2. The van der Waals surface area contributed by atoms with Crippen LogP contribution in [0.5, 0.6) is 11.5 Å². The third kappa shape index (κ3) is 6.82. The number of rotatable bonds is 12. The molecule has 3 rings (SSSR count). The lowest BCUT2D eigenvalue weighted by atomic mass is 9.78. The molecule has 3 N–H and O–H groups in total. The Morgan fingerprint density at radius 2 is 1.44 bits per heavy atom. The van der Waals surface area contributed by atoms with E-state index in [0.29, 0.717) is 20.9 Å². The van der Waals surface area contributed by atoms with Gasteiger partial charge in [-0.1, -0.05) is 43.3 Å². The normalized spacial score (nSPS) is 13.5. The van der Waals surface area contributed by atoms with E-state index in [1.165, 1.54) is 0 Å². The van der Waals surface area contributed by atoms with Gasteiger partial charge >= 0.3 is 0 Å². The van der Waals surface area contributed by atoms with Crippen molar-refractivity contribution in [3.8, 4) is 11.5 Å². The first-order valence-electron chi connectivity index (χ1n) is 10.8. The van der Waals surface area contributed by atoms with Crippen LogP contribution in [-0.2, 0) is 18.6 Å². The predicted molar refractivity (Wildman–Crippen MR) is 137 cm³/mol. The summed E-state index contributed by atoms with van der Waals surface area (Å²) in [5, 5.41) is 36.8. The van der Waals surface area contributed by atoms with Crippen LogP contribution in [0.1, 0.15) is 30.7 Å². The van der Waals surface area contributed by atoms with E-state index in [1.54, 1.807) is 4.68 Å². The van der Waals surface area contributed by atoms with Crippen LogP contribution >= 0.6 is 34.2 Å². The molecule has 1 aromatic heterocycles. The number of aliphatic hydroxyl groups is 3. The van der Waals surface area contributed by atoms with Gasteiger partial charge in [-0.15, -0.1) is 16.7 Å². The minimum atomic E-state index is -0.774. The number of hydrogen-bond donors (Lipinski definition) is 3. The Bertz CT molecular complexity index is 1040. The van der Waals surface area contributed by atoms with Crippen LogP contribution in [0, 0.1) is 3.70 Å². The molecule has 2 aromatic carbocycles. The van der Waals surface area contributed by atoms with E-state index in [9.17, 15) is 15.3 Å². The van der Waals surface area contributed by atoms with E-state index >= 15 is 0 Å². The van der Waals surface area contributed by atoms with Crippen LogP contribution in [0.15, 0.2) is 48.5 Å². The number of hydrogen-bond acceptors (Lipinski definition) is 7. The minimum absolute atomic E-state index is 0.104. The molecule has 0 saturated carbocycles. The number of halogens is 2. The highest BCUT2D eigenvalue weighted by atomic mass is 127. The van der Waals surface area contributed by atoms with E-state index in [2.05, 4.69) is 24.2 Å². The lowest BCUT2D eigenvalue weighted by Crippen LogP contribution is -2.25. The molecule has 34 heavy (non-hydrogen) atoms. The summed E-state index contributed by atoms with van der Waals surface area (Å²) in [7, 11) is 0. The van der Waals surface area contributed by atoms with E-state index in [4.69, 9.17) is 21.1 Å². The maximum absolute atomic E-state index is 10.3. The van der Waals surface area contributed by atoms with Crippen LogP contribution in [0.2, 0.25) is 0 Å². The van der Waals surface area contributed by atoms with E-state index < -0.39 is 12.2 Å². The average molecular weight is 602 g/mol. The number of aliphatic hydroxyl groups excluding tert-OH is 3. The molecule has 0 aliphatic carbocycles. The first-order chi connectivity index (χ1) is 16.2. The second kappa shape index (κ2) is 12.2. The zero-order valence-corrected chi connectivity index (χ0v) is 22.0. The van der Waals surface area contributed by atoms with Crippen molar-refractivity contribution in [2.75, 3.05) is 19.1 Å². The fourth-order valence-corrected chi connectivity index (χ4v) is 4.00. The third-order valence-electron chi connectivity index (χ3n) is 5.49. The molecule has 0 spiro atoms. The van der Waals surface area contributed by atoms with Crippen molar-refractivity contribution in [3.63, 3.8) is 0 Å². The van der Waals surface area contributed by atoms with Crippen molar-refractivity contribution in [3.05, 3.63) is 69.1 Å². The molecule has 0 amide bonds. The van der Waals surface area contributed by atoms with E-state index in [-0.39, 0.29) is 37.7 Å². The summed E-state index contributed by atoms with van der Waals surface area (Å²) in [5.74, 6) is 1.47. The summed E-state index contributed by atoms with van der Waals surface area (Å²) in [5.41, 5.74) is 2.46. The quantitative estimate of drug-likeness (QED) is 0.216. The summed E-state index contributed by atoms with van der Waals surface area (Å²) in [6.07, 6.45) is -1.46. The first-order valence-corrected chi connectivity index (χ1v) is 12.4. The van der Waals surface area contributed by atoms with Gasteiger partial charge < -0.3 is 24.8 Å². The zero-order chi connectivity index (χ0) is 24.7. The molecule has 1 heterocycles. The Kier molecular flexibility index (Phi) is 9.55. The number of ether oxygens (including phenoxy) is 2. The van der Waals surface area contributed by atoms with Gasteiger partial charge in [0.2, 0.25) is 0 Å². The topological polar surface area (TPSA) is 110 Å². The van der Waals surface area contributed by atoms with Crippen molar-refractivity contribution >= 4 is 34.2 Å². The van der Waals surface area contributed by atoms with Crippen molar-refractivity contribution < 1.29 is 24.8 Å². The fraction of sp³-hybridized carbons (Fsp3) is 0.417. The van der Waals surface area contributed by atoms with Gasteiger partial charge in [0.05, 0.1) is 19.0 Å². The molecule has 3 aromatic rings. The lowest BCUT2D eigenvalue weighted by molar-refractivity contribution is 0.0881. The zero-order valence-electron chi connectivity index (χ0n) is 19.1. The molecule has 0 bridgehead atoms. The third-order valence-corrected chi connectivity index (χ3v) is 7.02. The predicted octanol–water partition coefficient (Wildman–Crippen LogP) is 3.12. The molecule has 0 radical (unpaired) electrons. The van der Waals surface area contributed by atoms with Crippen LogP contribution in [0.3, 0.4) is 0 Å². The van der Waals surface area contributed by atoms with Gasteiger partial charge in [-0.05, 0) is 58.0 Å². The summed E-state index contributed by atoms with van der Waals surface area (Å²) in [6.45, 7) is 4.57. The second-order valence-electron chi connectivity index (χ2n) is 8.42. The lowest BCUT2D eigenvalue weighted by Gasteiger charge is -2.26. The van der Waals surface area contributed by atoms with Crippen molar-refractivity contribution in [2.24, 2.45) is 0 Å². The standard InChI is InChI=1S/C24H29ClIN3O5/c1-24(2,16-3-7-20(8-4-16)33-14-18(31)11-25)17-5-9-21(10-6-17)34-15-19(32)12-29-23(26)22(13-30)27-28-29/h3-10,18-19,30-32H,11-15H2,1-2H3/t18-,19+/m1/s1. The Hall–Kier alpha value is -1.92. The second-order valence-corrected chi connectivity index (χ2v) is 9.76. The van der Waals surface area contributed by atoms with Crippen LogP contribution < -0.4 is 9.47 Å². The van der Waals surface area contributed by atoms with Crippen LogP contribution in [0.4, 0.5) is 0 Å². The van der Waals surface area contributed by atoms with E-state index in [0.717, 1.165) is 11.1 Å². The summed E-state index contributed by atoms with van der Waals surface area (Å²) < 4.78 is 13.5. The molecule has 0 aliphatic rings. The minimum Gasteiger partial charge on any atom is -0.491 e. The number of alkyl halides is 1. The first kappa shape index (κ1) is 26.7. The maximum atomic E-state index is 10.3. The van der Waals surface area contributed by atoms with Gasteiger partial charge in [0.1, 0.15) is 46.3 Å². The van der Waals surface area contributed by atoms with Gasteiger partial charge in [-0.2, -0.15) is 0 Å². The summed E-state index contributed by atoms with van der Waals surface area (Å²) in [6, 6.07) is 15.6. The van der Waals surface area contributed by atoms with Gasteiger partial charge in [0, 0.05) is 5.41 Å². The highest BCUT2D eigenvalue weighted by Crippen LogP contribution is 2.33. The summed E-state index contributed by atoms with van der Waals surface area (Å²) >= 11 is 7.64. The maximum Gasteiger partial charge on any atom is 0.125 e. The summed E-state index contributed by atoms with van der Waals surface area (Å²) in [4.78, 5) is 0. The molecular formula is C24H29ClIN3O5. The van der Waals surface area contributed by atoms with Gasteiger partial charge in [-0.25, -0.2) is 4.68 Å². The van der Waals surface area contributed by atoms with Crippen molar-refractivity contribution in [1.29, 1.82) is 0 Å². The fourth-order valence-electron chi connectivity index (χ4n) is 3.34. The van der Waals surface area contributed by atoms with E-state index in [1.807, 2.05) is 71.1 Å². The van der Waals surface area contributed by atoms with Gasteiger partial charge in [-0.3, -0.25) is 0 Å². The molecule has 8 nitrogen and oxygen atoms in total. The monoisotopic (exact) mass is 601 g/mol. The molecular weight excluding hydrogens is 573 g/mol. The smallest absolute Gasteiger partial charge is 0.125 e. The Morgan fingerprint density at radius 3 is 1.88 bits per heavy atom. The Morgan fingerprint density at radius 1 is 0.941 bits per heavy atom. The van der Waals surface area contributed by atoms with Crippen LogP contribution in [0.25, 0.3) is 0 Å². The number of aromatic nitrogens is 3. The molecule has 0 fully saturated rings. The molecule has 10 heteroatoms. The Labute approximate surface area is 217 Å². The van der Waals surface area contributed by atoms with Gasteiger partial charge in [0.15, 0.2) is 0 Å². The van der Waals surface area contributed by atoms with Crippen molar-refractivity contribution in [2.45, 2.75) is 44.6 Å². The highest BCUT2D eigenvalue weighted by Gasteiger charge is 2.23. The molecule has 0 aliphatic heterocycles. The molecule has 2 atom stereocenters. The van der Waals surface area contributed by atoms with Crippen molar-refractivity contribution in [1.82, 2.24) is 15.0 Å².